The lowest BCUT2D eigenvalue weighted by molar-refractivity contribution is 0.0526. The molecule has 2 saturated heterocycles. The zero-order valence-corrected chi connectivity index (χ0v) is 18.5. The number of pyridine rings is 1. The van der Waals surface area contributed by atoms with E-state index < -0.39 is 0 Å². The molecule has 0 radical (unpaired) electrons. The van der Waals surface area contributed by atoms with Gasteiger partial charge < -0.3 is 24.6 Å². The number of hydrogen-bond acceptors (Lipinski definition) is 7. The number of benzene rings is 1. The molecule has 0 aliphatic carbocycles. The second kappa shape index (κ2) is 10.2. The fourth-order valence-corrected chi connectivity index (χ4v) is 3.84. The Labute approximate surface area is 192 Å². The Bertz CT molecular complexity index is 1010. The first kappa shape index (κ1) is 22.4. The van der Waals surface area contributed by atoms with Crippen LogP contribution in [0.4, 0.5) is 26.8 Å². The second-order valence-electron chi connectivity index (χ2n) is 7.70. The number of esters is 1. The van der Waals surface area contributed by atoms with Crippen LogP contribution in [0.1, 0.15) is 23.7 Å². The van der Waals surface area contributed by atoms with E-state index in [-0.39, 0.29) is 18.1 Å². The number of nitrogens with zero attached hydrogens (tertiary/aromatic N) is 4. The number of cyclic esters (lactones) is 1. The van der Waals surface area contributed by atoms with Crippen LogP contribution in [0.5, 0.6) is 0 Å². The number of nitrogens with one attached hydrogen (secondary N) is 1. The third kappa shape index (κ3) is 5.33. The minimum absolute atomic E-state index is 0.191. The van der Waals surface area contributed by atoms with E-state index in [0.717, 1.165) is 18.8 Å². The lowest BCUT2D eigenvalue weighted by Gasteiger charge is -2.23. The normalized spacial score (nSPS) is 16.3. The smallest absolute Gasteiger partial charge is 0.414 e. The molecule has 2 fully saturated rings. The van der Waals surface area contributed by atoms with Crippen molar-refractivity contribution in [1.29, 1.82) is 0 Å². The Morgan fingerprint density at radius 3 is 2.73 bits per heavy atom. The van der Waals surface area contributed by atoms with Gasteiger partial charge >= 0.3 is 18.1 Å². The Balaban J connectivity index is 1.34. The Morgan fingerprint density at radius 2 is 2.00 bits per heavy atom. The lowest BCUT2D eigenvalue weighted by Crippen LogP contribution is -2.38. The number of rotatable bonds is 5. The largest absolute Gasteiger partial charge is 0.462 e. The first-order valence-corrected chi connectivity index (χ1v) is 11.0. The van der Waals surface area contributed by atoms with Crippen LogP contribution in [-0.2, 0) is 9.47 Å². The molecule has 3 amide bonds. The molecule has 2 aliphatic heterocycles. The number of ether oxygens (including phenoxy) is 2. The molecule has 0 unspecified atom stereocenters. The van der Waals surface area contributed by atoms with Crippen molar-refractivity contribution in [2.24, 2.45) is 0 Å². The van der Waals surface area contributed by atoms with Crippen LogP contribution in [0.3, 0.4) is 0 Å². The molecule has 10 nitrogen and oxygen atoms in total. The van der Waals surface area contributed by atoms with Crippen molar-refractivity contribution in [3.63, 3.8) is 0 Å². The Kier molecular flexibility index (Phi) is 6.92. The summed E-state index contributed by atoms with van der Waals surface area (Å²) in [6.45, 7) is 5.46. The van der Waals surface area contributed by atoms with Crippen LogP contribution < -0.4 is 15.1 Å². The summed E-state index contributed by atoms with van der Waals surface area (Å²) >= 11 is 0. The maximum Gasteiger partial charge on any atom is 0.414 e. The van der Waals surface area contributed by atoms with Crippen LogP contribution in [0.15, 0.2) is 42.6 Å². The van der Waals surface area contributed by atoms with Gasteiger partial charge in [-0.15, -0.1) is 0 Å². The Hall–Kier alpha value is -3.82. The third-order valence-electron chi connectivity index (χ3n) is 5.54. The van der Waals surface area contributed by atoms with Crippen molar-refractivity contribution in [2.45, 2.75) is 13.3 Å². The zero-order chi connectivity index (χ0) is 23.2. The molecule has 3 heterocycles. The van der Waals surface area contributed by atoms with Crippen LogP contribution in [-0.4, -0.2) is 73.9 Å². The number of carbonyl (C=O) groups is 3. The maximum absolute atomic E-state index is 12.9. The highest BCUT2D eigenvalue weighted by Gasteiger charge is 2.24. The molecule has 1 aromatic heterocycles. The summed E-state index contributed by atoms with van der Waals surface area (Å²) in [6.07, 6.45) is 1.93. The van der Waals surface area contributed by atoms with Gasteiger partial charge in [0, 0.05) is 43.8 Å². The molecule has 1 aromatic carbocycles. The molecule has 4 rings (SSSR count). The maximum atomic E-state index is 12.9. The van der Waals surface area contributed by atoms with Gasteiger partial charge in [-0.2, -0.15) is 0 Å². The van der Waals surface area contributed by atoms with E-state index in [4.69, 9.17) is 9.47 Å². The number of anilines is 3. The van der Waals surface area contributed by atoms with Crippen LogP contribution in [0.25, 0.3) is 0 Å². The number of hydrogen-bond donors (Lipinski definition) is 1. The molecule has 0 atom stereocenters. The highest BCUT2D eigenvalue weighted by atomic mass is 16.6. The molecule has 0 bridgehead atoms. The molecule has 174 valence electrons. The summed E-state index contributed by atoms with van der Waals surface area (Å²) in [5, 5.41) is 2.93. The van der Waals surface area contributed by atoms with Crippen LogP contribution in [0.2, 0.25) is 0 Å². The Morgan fingerprint density at radius 1 is 1.12 bits per heavy atom. The topological polar surface area (TPSA) is 104 Å². The number of aromatic nitrogens is 1. The van der Waals surface area contributed by atoms with Gasteiger partial charge in [0.15, 0.2) is 0 Å². The minimum atomic E-state index is -0.388. The quantitative estimate of drug-likeness (QED) is 0.694. The first-order valence-electron chi connectivity index (χ1n) is 11.0. The second-order valence-corrected chi connectivity index (χ2v) is 7.70. The molecule has 2 aliphatic rings. The van der Waals surface area contributed by atoms with Crippen molar-refractivity contribution < 1.29 is 23.9 Å². The number of urea groups is 1. The van der Waals surface area contributed by atoms with E-state index in [9.17, 15) is 14.4 Å². The van der Waals surface area contributed by atoms with Gasteiger partial charge in [-0.3, -0.25) is 4.90 Å². The van der Waals surface area contributed by atoms with Crippen molar-refractivity contribution >= 4 is 35.3 Å². The summed E-state index contributed by atoms with van der Waals surface area (Å²) in [7, 11) is 0. The van der Waals surface area contributed by atoms with Gasteiger partial charge in [0.05, 0.1) is 18.7 Å². The summed E-state index contributed by atoms with van der Waals surface area (Å²) in [4.78, 5) is 46.3. The van der Waals surface area contributed by atoms with E-state index in [1.165, 1.54) is 6.20 Å². The predicted octanol–water partition coefficient (Wildman–Crippen LogP) is 2.96. The highest BCUT2D eigenvalue weighted by molar-refractivity contribution is 5.93. The van der Waals surface area contributed by atoms with Gasteiger partial charge in [0.2, 0.25) is 0 Å². The van der Waals surface area contributed by atoms with Crippen LogP contribution >= 0.6 is 0 Å². The van der Waals surface area contributed by atoms with E-state index >= 15 is 0 Å². The predicted molar refractivity (Wildman–Crippen MR) is 123 cm³/mol. The number of amides is 3. The van der Waals surface area contributed by atoms with Gasteiger partial charge in [-0.1, -0.05) is 6.07 Å². The average Bonchev–Trinajstić information content (AvgIpc) is 3.10. The molecular weight excluding hydrogens is 426 g/mol. The van der Waals surface area contributed by atoms with E-state index in [1.54, 1.807) is 47.1 Å². The monoisotopic (exact) mass is 453 g/mol. The SMILES string of the molecule is CCOC(=O)c1ccc(N2CCCN(C(=O)Nc3cccc(N4CCOC4=O)c3)CC2)nc1. The minimum Gasteiger partial charge on any atom is -0.462 e. The first-order chi connectivity index (χ1) is 16.0. The molecule has 10 heteroatoms. The fourth-order valence-electron chi connectivity index (χ4n) is 3.84. The van der Waals surface area contributed by atoms with Crippen molar-refractivity contribution in [3.8, 4) is 0 Å². The summed E-state index contributed by atoms with van der Waals surface area (Å²) in [5.41, 5.74) is 1.73. The summed E-state index contributed by atoms with van der Waals surface area (Å²) < 4.78 is 9.98. The lowest BCUT2D eigenvalue weighted by atomic mass is 10.2. The molecule has 1 N–H and O–H groups in total. The fraction of sp³-hybridized carbons (Fsp3) is 0.391. The van der Waals surface area contributed by atoms with Gasteiger partial charge in [-0.25, -0.2) is 19.4 Å². The molecule has 33 heavy (non-hydrogen) atoms. The number of carbonyl (C=O) groups excluding carboxylic acids is 3. The van der Waals surface area contributed by atoms with Crippen molar-refractivity contribution in [2.75, 3.05) is 61.1 Å². The molecule has 0 saturated carbocycles. The van der Waals surface area contributed by atoms with Crippen molar-refractivity contribution in [3.05, 3.63) is 48.2 Å². The van der Waals surface area contributed by atoms with Gasteiger partial charge in [0.25, 0.3) is 0 Å². The van der Waals surface area contributed by atoms with E-state index in [2.05, 4.69) is 15.2 Å². The molecule has 2 aromatic rings. The average molecular weight is 453 g/mol. The van der Waals surface area contributed by atoms with Crippen molar-refractivity contribution in [1.82, 2.24) is 9.88 Å². The van der Waals surface area contributed by atoms with Gasteiger partial charge in [0.1, 0.15) is 12.4 Å². The van der Waals surface area contributed by atoms with E-state index in [0.29, 0.717) is 56.3 Å². The molecule has 0 spiro atoms. The zero-order valence-electron chi connectivity index (χ0n) is 18.5. The third-order valence-corrected chi connectivity index (χ3v) is 5.54. The summed E-state index contributed by atoms with van der Waals surface area (Å²) in [6, 6.07) is 10.5. The van der Waals surface area contributed by atoms with Gasteiger partial charge in [-0.05, 0) is 43.7 Å². The summed E-state index contributed by atoms with van der Waals surface area (Å²) in [5.74, 6) is 0.372. The van der Waals surface area contributed by atoms with Crippen LogP contribution in [0, 0.1) is 0 Å². The highest BCUT2D eigenvalue weighted by Crippen LogP contribution is 2.23. The standard InChI is InChI=1S/C23H27N5O5/c1-2-32-21(29)17-7-8-20(24-16-17)26-9-4-10-27(12-11-26)22(30)25-18-5-3-6-19(15-18)28-13-14-33-23(28)31/h3,5-8,15-16H,2,4,9-14H2,1H3,(H,25,30). The molecular formula is C23H27N5O5. The van der Waals surface area contributed by atoms with E-state index in [1.807, 2.05) is 6.07 Å².